The molecule has 76 valence electrons. The topological polar surface area (TPSA) is 41.6 Å². The van der Waals surface area contributed by atoms with Crippen LogP contribution in [0.3, 0.4) is 0 Å². The number of nitrogens with zero attached hydrogens (tertiary/aromatic N) is 1. The third-order valence-electron chi connectivity index (χ3n) is 2.08. The third-order valence-corrected chi connectivity index (χ3v) is 2.41. The van der Waals surface area contributed by atoms with Crippen molar-refractivity contribution in [3.05, 3.63) is 0 Å². The Morgan fingerprint density at radius 3 is 2.46 bits per heavy atom. The zero-order valence-electron chi connectivity index (χ0n) is 7.27. The molecule has 0 saturated heterocycles. The van der Waals surface area contributed by atoms with Gasteiger partial charge in [0.2, 0.25) is 0 Å². The average molecular weight is 222 g/mol. The van der Waals surface area contributed by atoms with E-state index >= 15 is 0 Å². The third kappa shape index (κ3) is 4.10. The van der Waals surface area contributed by atoms with Gasteiger partial charge in [-0.25, -0.2) is 4.79 Å². The Balaban J connectivity index is 2.13. The molecule has 0 aromatic rings. The molecule has 0 bridgehead atoms. The quantitative estimate of drug-likeness (QED) is 0.494. The summed E-state index contributed by atoms with van der Waals surface area (Å²) in [5, 5.41) is 0. The van der Waals surface area contributed by atoms with Crippen LogP contribution in [-0.4, -0.2) is 15.8 Å². The van der Waals surface area contributed by atoms with Gasteiger partial charge in [-0.15, -0.1) is 5.48 Å². The lowest BCUT2D eigenvalue weighted by atomic mass is 9.96. The lowest BCUT2D eigenvalue weighted by Gasteiger charge is -2.22. The van der Waals surface area contributed by atoms with Crippen LogP contribution in [-0.2, 0) is 4.84 Å². The zero-order valence-corrected chi connectivity index (χ0v) is 9.06. The van der Waals surface area contributed by atoms with Crippen molar-refractivity contribution >= 4 is 31.7 Å². The van der Waals surface area contributed by atoms with Gasteiger partial charge >= 0.3 is 6.09 Å². The highest BCUT2D eigenvalue weighted by atomic mass is 32.2. The van der Waals surface area contributed by atoms with Crippen LogP contribution in [0.2, 0.25) is 0 Å². The van der Waals surface area contributed by atoms with Crippen LogP contribution in [0.1, 0.15) is 32.1 Å². The number of nitrogens with one attached hydrogen (secondary N) is 1. The molecule has 1 N–H and O–H groups in total. The van der Waals surface area contributed by atoms with Crippen molar-refractivity contribution in [3.63, 3.8) is 0 Å². The molecule has 0 aliphatic heterocycles. The Hall–Kier alpha value is -0.0700. The second-order valence-corrected chi connectivity index (χ2v) is 4.23. The lowest BCUT2D eigenvalue weighted by Crippen LogP contribution is -2.34. The highest BCUT2D eigenvalue weighted by Gasteiger charge is 2.15. The van der Waals surface area contributed by atoms with E-state index in [0.717, 1.165) is 16.6 Å². The van der Waals surface area contributed by atoms with Gasteiger partial charge in [0.25, 0.3) is 0 Å². The van der Waals surface area contributed by atoms with E-state index in [1.165, 1.54) is 19.3 Å². The van der Waals surface area contributed by atoms with Crippen molar-refractivity contribution in [1.82, 2.24) is 9.19 Å². The zero-order chi connectivity index (χ0) is 9.68. The number of carbonyl (C=O) groups is 1. The molecule has 1 rings (SSSR count). The highest BCUT2D eigenvalue weighted by Crippen LogP contribution is 2.17. The van der Waals surface area contributed by atoms with Crippen molar-refractivity contribution in [3.8, 4) is 0 Å². The maximum atomic E-state index is 10.9. The van der Waals surface area contributed by atoms with Gasteiger partial charge in [0.1, 0.15) is 0 Å². The molecule has 0 atom stereocenters. The van der Waals surface area contributed by atoms with Gasteiger partial charge in [-0.2, -0.15) is 3.71 Å². The van der Waals surface area contributed by atoms with E-state index in [1.54, 1.807) is 0 Å². The Labute approximate surface area is 89.0 Å². The summed E-state index contributed by atoms with van der Waals surface area (Å²) in [4.78, 5) is 15.6. The first-order chi connectivity index (χ1) is 6.20. The first-order valence-electron chi connectivity index (χ1n) is 4.34. The van der Waals surface area contributed by atoms with Crippen molar-refractivity contribution < 1.29 is 9.63 Å². The standard InChI is InChI=1S/C7H14N2O2S2/c10-7(9(12)13)11-8-6-4-2-1-3-5-6/h6,8,12-13H,1-5H2. The molecule has 0 radical (unpaired) electrons. The Bertz CT molecular complexity index is 172. The summed E-state index contributed by atoms with van der Waals surface area (Å²) in [7, 11) is 0. The summed E-state index contributed by atoms with van der Waals surface area (Å²) >= 11 is 7.35. The summed E-state index contributed by atoms with van der Waals surface area (Å²) < 4.78 is 0.801. The molecule has 6 heteroatoms. The van der Waals surface area contributed by atoms with E-state index in [9.17, 15) is 4.79 Å². The number of hydrogen-bond donors (Lipinski definition) is 3. The average Bonchev–Trinajstić information content (AvgIpc) is 2.15. The first kappa shape index (κ1) is 11.0. The molecule has 0 unspecified atom stereocenters. The molecule has 13 heavy (non-hydrogen) atoms. The van der Waals surface area contributed by atoms with E-state index in [-0.39, 0.29) is 0 Å². The molecule has 0 heterocycles. The number of thiol groups is 2. The minimum atomic E-state index is -0.600. The van der Waals surface area contributed by atoms with E-state index in [0.29, 0.717) is 6.04 Å². The van der Waals surface area contributed by atoms with Crippen LogP contribution < -0.4 is 5.48 Å². The van der Waals surface area contributed by atoms with Crippen LogP contribution in [0.4, 0.5) is 4.79 Å². The van der Waals surface area contributed by atoms with Crippen molar-refractivity contribution in [1.29, 1.82) is 0 Å². The smallest absolute Gasteiger partial charge is 0.352 e. The van der Waals surface area contributed by atoms with Crippen molar-refractivity contribution in [2.45, 2.75) is 38.1 Å². The second-order valence-electron chi connectivity index (χ2n) is 3.11. The lowest BCUT2D eigenvalue weighted by molar-refractivity contribution is 0.0560. The normalized spacial score (nSPS) is 18.3. The first-order valence-corrected chi connectivity index (χ1v) is 5.14. The molecule has 0 aromatic carbocycles. The van der Waals surface area contributed by atoms with Gasteiger partial charge in [-0.05, 0) is 38.5 Å². The van der Waals surface area contributed by atoms with Gasteiger partial charge in [-0.1, -0.05) is 19.3 Å². The molecule has 1 aliphatic rings. The number of carbonyl (C=O) groups excluding carboxylic acids is 1. The Morgan fingerprint density at radius 2 is 1.92 bits per heavy atom. The SMILES string of the molecule is O=C(ONC1CCCCC1)N(S)S. The molecule has 1 aliphatic carbocycles. The van der Waals surface area contributed by atoms with Crippen LogP contribution >= 0.6 is 25.6 Å². The second kappa shape index (κ2) is 5.62. The van der Waals surface area contributed by atoms with Crippen molar-refractivity contribution in [2.24, 2.45) is 0 Å². The molecular formula is C7H14N2O2S2. The van der Waals surface area contributed by atoms with Gasteiger partial charge in [0.05, 0.1) is 0 Å². The summed E-state index contributed by atoms with van der Waals surface area (Å²) in [5.74, 6) is 0. The number of hydroxylamine groups is 1. The molecule has 1 saturated carbocycles. The van der Waals surface area contributed by atoms with Gasteiger partial charge < -0.3 is 4.84 Å². The summed E-state index contributed by atoms with van der Waals surface area (Å²) in [6, 6.07) is 0.291. The predicted octanol–water partition coefficient (Wildman–Crippen LogP) is 1.95. The number of hydrogen-bond acceptors (Lipinski definition) is 5. The molecule has 1 fully saturated rings. The fraction of sp³-hybridized carbons (Fsp3) is 0.857. The van der Waals surface area contributed by atoms with Crippen LogP contribution in [0.25, 0.3) is 0 Å². The monoisotopic (exact) mass is 222 g/mol. The minimum absolute atomic E-state index is 0.291. The number of amides is 1. The fourth-order valence-corrected chi connectivity index (χ4v) is 1.48. The maximum absolute atomic E-state index is 10.9. The Morgan fingerprint density at radius 1 is 1.31 bits per heavy atom. The van der Waals surface area contributed by atoms with Gasteiger partial charge in [0.15, 0.2) is 0 Å². The van der Waals surface area contributed by atoms with E-state index in [1.807, 2.05) is 0 Å². The number of rotatable bonds is 2. The molecular weight excluding hydrogens is 208 g/mol. The van der Waals surface area contributed by atoms with Crippen LogP contribution in [0.15, 0.2) is 0 Å². The fourth-order valence-electron chi connectivity index (χ4n) is 1.40. The molecule has 0 aromatic heterocycles. The minimum Gasteiger partial charge on any atom is -0.352 e. The van der Waals surface area contributed by atoms with Crippen LogP contribution in [0.5, 0.6) is 0 Å². The molecule has 4 nitrogen and oxygen atoms in total. The summed E-state index contributed by atoms with van der Waals surface area (Å²) in [5.41, 5.74) is 2.71. The maximum Gasteiger partial charge on any atom is 0.448 e. The summed E-state index contributed by atoms with van der Waals surface area (Å²) in [6.07, 6.45) is 5.19. The summed E-state index contributed by atoms with van der Waals surface area (Å²) in [6.45, 7) is 0. The molecule has 1 amide bonds. The molecule has 0 spiro atoms. The van der Waals surface area contributed by atoms with E-state index < -0.39 is 6.09 Å². The van der Waals surface area contributed by atoms with E-state index in [4.69, 9.17) is 4.84 Å². The highest BCUT2D eigenvalue weighted by molar-refractivity contribution is 7.94. The van der Waals surface area contributed by atoms with Gasteiger partial charge in [0, 0.05) is 6.04 Å². The van der Waals surface area contributed by atoms with E-state index in [2.05, 4.69) is 31.1 Å². The van der Waals surface area contributed by atoms with Crippen molar-refractivity contribution in [2.75, 3.05) is 0 Å². The largest absolute Gasteiger partial charge is 0.448 e. The Kier molecular flexibility index (Phi) is 4.76. The van der Waals surface area contributed by atoms with Gasteiger partial charge in [-0.3, -0.25) is 0 Å². The predicted molar refractivity (Wildman–Crippen MR) is 56.3 cm³/mol. The van der Waals surface area contributed by atoms with Crippen LogP contribution in [0, 0.1) is 0 Å².